The van der Waals surface area contributed by atoms with E-state index in [9.17, 15) is 14.0 Å². The van der Waals surface area contributed by atoms with Gasteiger partial charge in [-0.1, -0.05) is 18.2 Å². The van der Waals surface area contributed by atoms with Crippen LogP contribution in [0.5, 0.6) is 0 Å². The summed E-state index contributed by atoms with van der Waals surface area (Å²) in [7, 11) is 0. The number of carbonyl (C=O) groups excluding carboxylic acids is 2. The zero-order valence-electron chi connectivity index (χ0n) is 20.2. The lowest BCUT2D eigenvalue weighted by atomic mass is 9.79. The molecular weight excluding hydrogens is 460 g/mol. The minimum Gasteiger partial charge on any atom is -0.342 e. The fourth-order valence-corrected chi connectivity index (χ4v) is 6.08. The van der Waals surface area contributed by atoms with Crippen LogP contribution in [0.3, 0.4) is 0 Å². The van der Waals surface area contributed by atoms with Crippen molar-refractivity contribution in [2.24, 2.45) is 22.7 Å². The number of fused-ring (bicyclic) bond motifs is 1. The molecule has 0 bridgehead atoms. The number of aliphatic imine (C=N–C) groups is 1. The van der Waals surface area contributed by atoms with Crippen molar-refractivity contribution in [2.45, 2.75) is 50.5 Å². The van der Waals surface area contributed by atoms with Crippen molar-refractivity contribution in [3.05, 3.63) is 64.8 Å². The standard InChI is InChI=1S/C29H29F2N3O2/c30-23-7-5-20-11-19(3-4-21(20)12-23)22-6-8-24(25(31)13-22)26-32-29(9-10-29)28(36)34(26)16-17-14-33(15-17)27(35)18-1-2-18/h3-4,6,8,12-13,17-18,20H,1-2,5,7,9-11,14-16H2. The first kappa shape index (κ1) is 22.1. The van der Waals surface area contributed by atoms with Gasteiger partial charge in [0.2, 0.25) is 5.91 Å². The Morgan fingerprint density at radius 3 is 2.64 bits per heavy atom. The fraction of sp³-hybridized carbons (Fsp3) is 0.483. The van der Waals surface area contributed by atoms with Gasteiger partial charge in [-0.25, -0.2) is 8.78 Å². The van der Waals surface area contributed by atoms with Gasteiger partial charge in [0.05, 0.1) is 5.56 Å². The Morgan fingerprint density at radius 2 is 1.92 bits per heavy atom. The molecule has 2 heterocycles. The number of rotatable bonds is 5. The van der Waals surface area contributed by atoms with Gasteiger partial charge < -0.3 is 4.90 Å². The number of hydrogen-bond acceptors (Lipinski definition) is 3. The smallest absolute Gasteiger partial charge is 0.256 e. The van der Waals surface area contributed by atoms with Gasteiger partial charge in [0.1, 0.15) is 23.0 Å². The maximum absolute atomic E-state index is 15.5. The van der Waals surface area contributed by atoms with E-state index in [1.54, 1.807) is 23.1 Å². The van der Waals surface area contributed by atoms with Crippen LogP contribution in [0.4, 0.5) is 8.78 Å². The number of benzene rings is 1. The molecular formula is C29H29F2N3O2. The second-order valence-electron chi connectivity index (χ2n) is 11.4. The molecule has 7 heteroatoms. The SMILES string of the molecule is O=C(C1CC1)N1CC(CN2C(=O)C3(CC3)N=C2c2ccc(C3=CC=C4C=C(F)CCC4C3)cc2F)C1. The van der Waals surface area contributed by atoms with Crippen LogP contribution >= 0.6 is 0 Å². The lowest BCUT2D eigenvalue weighted by Crippen LogP contribution is -2.55. The van der Waals surface area contributed by atoms with Crippen LogP contribution < -0.4 is 0 Å². The number of hydrogen-bond donors (Lipinski definition) is 0. The highest BCUT2D eigenvalue weighted by molar-refractivity contribution is 6.16. The molecule has 1 spiro atoms. The van der Waals surface area contributed by atoms with E-state index in [0.29, 0.717) is 50.3 Å². The molecule has 1 aromatic rings. The van der Waals surface area contributed by atoms with Crippen molar-refractivity contribution < 1.29 is 18.4 Å². The minimum absolute atomic E-state index is 0.0295. The van der Waals surface area contributed by atoms with Gasteiger partial charge in [0.15, 0.2) is 0 Å². The maximum Gasteiger partial charge on any atom is 0.256 e. The van der Waals surface area contributed by atoms with E-state index >= 15 is 4.39 Å². The van der Waals surface area contributed by atoms with Gasteiger partial charge in [0, 0.05) is 31.5 Å². The number of amidine groups is 1. The zero-order valence-corrected chi connectivity index (χ0v) is 20.2. The van der Waals surface area contributed by atoms with Gasteiger partial charge in [0.25, 0.3) is 5.91 Å². The van der Waals surface area contributed by atoms with E-state index in [2.05, 4.69) is 0 Å². The fourth-order valence-electron chi connectivity index (χ4n) is 6.08. The summed E-state index contributed by atoms with van der Waals surface area (Å²) < 4.78 is 29.2. The molecule has 2 aliphatic heterocycles. The number of allylic oxidation sites excluding steroid dienone is 6. The molecule has 1 atom stereocenters. The molecule has 0 N–H and O–H groups in total. The highest BCUT2D eigenvalue weighted by Crippen LogP contribution is 2.47. The lowest BCUT2D eigenvalue weighted by molar-refractivity contribution is -0.139. The number of nitrogens with zero attached hydrogens (tertiary/aromatic N) is 3. The van der Waals surface area contributed by atoms with Crippen molar-refractivity contribution in [1.29, 1.82) is 0 Å². The Morgan fingerprint density at radius 1 is 1.11 bits per heavy atom. The average Bonchev–Trinajstić information content (AvgIpc) is 3.76. The van der Waals surface area contributed by atoms with E-state index < -0.39 is 5.54 Å². The summed E-state index contributed by atoms with van der Waals surface area (Å²) in [4.78, 5) is 33.8. The van der Waals surface area contributed by atoms with E-state index in [0.717, 1.165) is 42.4 Å². The molecule has 5 nitrogen and oxygen atoms in total. The quantitative estimate of drug-likeness (QED) is 0.597. The minimum atomic E-state index is -0.704. The summed E-state index contributed by atoms with van der Waals surface area (Å²) in [5.41, 5.74) is 2.52. The summed E-state index contributed by atoms with van der Waals surface area (Å²) in [6.45, 7) is 1.79. The van der Waals surface area contributed by atoms with Gasteiger partial charge in [-0.15, -0.1) is 0 Å². The Kier molecular flexibility index (Phi) is 4.89. The molecule has 0 radical (unpaired) electrons. The van der Waals surface area contributed by atoms with Gasteiger partial charge in [-0.3, -0.25) is 19.5 Å². The summed E-state index contributed by atoms with van der Waals surface area (Å²) in [5.74, 6) is 0.853. The highest BCUT2D eigenvalue weighted by Gasteiger charge is 2.58. The molecule has 36 heavy (non-hydrogen) atoms. The number of halogens is 2. The third kappa shape index (κ3) is 3.66. The maximum atomic E-state index is 15.5. The second-order valence-corrected chi connectivity index (χ2v) is 11.4. The molecule has 1 saturated heterocycles. The third-order valence-electron chi connectivity index (χ3n) is 8.63. The van der Waals surface area contributed by atoms with Crippen LogP contribution in [-0.4, -0.2) is 52.6 Å². The molecule has 1 unspecified atom stereocenters. The molecule has 3 fully saturated rings. The largest absolute Gasteiger partial charge is 0.342 e. The topological polar surface area (TPSA) is 53.0 Å². The van der Waals surface area contributed by atoms with E-state index in [1.165, 1.54) is 0 Å². The predicted molar refractivity (Wildman–Crippen MR) is 132 cm³/mol. The molecule has 186 valence electrons. The van der Waals surface area contributed by atoms with Gasteiger partial charge >= 0.3 is 0 Å². The van der Waals surface area contributed by atoms with Crippen LogP contribution in [0.1, 0.15) is 56.1 Å². The normalized spacial score (nSPS) is 26.7. The van der Waals surface area contributed by atoms with Crippen molar-refractivity contribution in [2.75, 3.05) is 19.6 Å². The molecule has 7 rings (SSSR count). The average molecular weight is 490 g/mol. The van der Waals surface area contributed by atoms with Crippen LogP contribution in [0.25, 0.3) is 5.57 Å². The first-order valence-electron chi connectivity index (χ1n) is 13.2. The lowest BCUT2D eigenvalue weighted by Gasteiger charge is -2.41. The molecule has 0 aromatic heterocycles. The molecule has 6 aliphatic rings. The summed E-state index contributed by atoms with van der Waals surface area (Å²) in [5, 5.41) is 0. The van der Waals surface area contributed by atoms with E-state index in [4.69, 9.17) is 4.99 Å². The Balaban J connectivity index is 1.11. The Hall–Kier alpha value is -3.09. The van der Waals surface area contributed by atoms with E-state index in [1.807, 2.05) is 23.1 Å². The van der Waals surface area contributed by atoms with Crippen molar-refractivity contribution >= 4 is 23.2 Å². The highest BCUT2D eigenvalue weighted by atomic mass is 19.1. The van der Waals surface area contributed by atoms with E-state index in [-0.39, 0.29) is 41.2 Å². The van der Waals surface area contributed by atoms with Crippen molar-refractivity contribution in [1.82, 2.24) is 9.80 Å². The summed E-state index contributed by atoms with van der Waals surface area (Å²) in [6, 6.07) is 5.20. The first-order valence-corrected chi connectivity index (χ1v) is 13.2. The van der Waals surface area contributed by atoms with Crippen LogP contribution in [0.15, 0.2) is 52.8 Å². The Bertz CT molecular complexity index is 1300. The zero-order chi connectivity index (χ0) is 24.6. The molecule has 2 saturated carbocycles. The predicted octanol–water partition coefficient (Wildman–Crippen LogP) is 4.79. The van der Waals surface area contributed by atoms with Crippen LogP contribution in [0, 0.1) is 23.6 Å². The van der Waals surface area contributed by atoms with Crippen molar-refractivity contribution in [3.8, 4) is 0 Å². The van der Waals surface area contributed by atoms with Crippen LogP contribution in [-0.2, 0) is 9.59 Å². The number of carbonyl (C=O) groups is 2. The van der Waals surface area contributed by atoms with Crippen molar-refractivity contribution in [3.63, 3.8) is 0 Å². The molecule has 4 aliphatic carbocycles. The number of amides is 2. The first-order chi connectivity index (χ1) is 17.4. The number of likely N-dealkylation sites (tertiary alicyclic amines) is 1. The van der Waals surface area contributed by atoms with Crippen LogP contribution in [0.2, 0.25) is 0 Å². The van der Waals surface area contributed by atoms with Gasteiger partial charge in [-0.05, 0) is 85.8 Å². The summed E-state index contributed by atoms with van der Waals surface area (Å²) in [6.07, 6.45) is 10.9. The molecule has 1 aromatic carbocycles. The summed E-state index contributed by atoms with van der Waals surface area (Å²) >= 11 is 0. The Labute approximate surface area is 209 Å². The monoisotopic (exact) mass is 489 g/mol. The third-order valence-corrected chi connectivity index (χ3v) is 8.63. The second kappa shape index (κ2) is 7.95. The van der Waals surface area contributed by atoms with Gasteiger partial charge in [-0.2, -0.15) is 0 Å². The molecule has 2 amide bonds.